The van der Waals surface area contributed by atoms with E-state index >= 15 is 0 Å². The van der Waals surface area contributed by atoms with Gasteiger partial charge in [-0.25, -0.2) is 13.6 Å². The van der Waals surface area contributed by atoms with Gasteiger partial charge in [-0.05, 0) is 50.2 Å². The number of nitrogens with zero attached hydrogens (tertiary/aromatic N) is 1. The molecule has 0 fully saturated rings. The zero-order valence-corrected chi connectivity index (χ0v) is 15.5. The van der Waals surface area contributed by atoms with Gasteiger partial charge in [-0.3, -0.25) is 9.59 Å². The number of nitrogens with one attached hydrogen (secondary N) is 1. The molecule has 0 aliphatic heterocycles. The number of halogens is 2. The Balaban J connectivity index is 1.90. The first-order valence-electron chi connectivity index (χ1n) is 8.66. The number of benzene rings is 2. The van der Waals surface area contributed by atoms with Crippen LogP contribution in [-0.2, 0) is 9.53 Å². The fourth-order valence-electron chi connectivity index (χ4n) is 2.47. The maximum absolute atomic E-state index is 13.1. The third kappa shape index (κ3) is 5.60. The van der Waals surface area contributed by atoms with Crippen molar-refractivity contribution in [1.29, 1.82) is 0 Å². The molecule has 6 nitrogen and oxygen atoms in total. The Morgan fingerprint density at radius 3 is 2.04 bits per heavy atom. The van der Waals surface area contributed by atoms with Crippen LogP contribution in [0.25, 0.3) is 0 Å². The molecule has 2 aromatic carbocycles. The third-order valence-electron chi connectivity index (χ3n) is 3.90. The van der Waals surface area contributed by atoms with Crippen LogP contribution in [0.2, 0.25) is 0 Å². The molecular weight excluding hydrogens is 370 g/mol. The molecule has 8 heteroatoms. The summed E-state index contributed by atoms with van der Waals surface area (Å²) in [5.41, 5.74) is 0.569. The normalized spacial score (nSPS) is 10.3. The second-order valence-corrected chi connectivity index (χ2v) is 5.84. The number of hydrogen-bond acceptors (Lipinski definition) is 4. The molecule has 0 radical (unpaired) electrons. The van der Waals surface area contributed by atoms with Crippen LogP contribution in [0.3, 0.4) is 0 Å². The molecule has 0 atom stereocenters. The number of amides is 2. The minimum atomic E-state index is -1.02. The number of esters is 1. The SMILES string of the molecule is CCN(CC)C(=O)c1ccc(NC(=O)COC(=O)c2cc(F)cc(F)c2)cc1. The zero-order chi connectivity index (χ0) is 20.7. The lowest BCUT2D eigenvalue weighted by molar-refractivity contribution is -0.119. The molecule has 28 heavy (non-hydrogen) atoms. The molecule has 0 aromatic heterocycles. The van der Waals surface area contributed by atoms with Gasteiger partial charge >= 0.3 is 5.97 Å². The number of carbonyl (C=O) groups excluding carboxylic acids is 3. The molecular formula is C20H20F2N2O4. The fraction of sp³-hybridized carbons (Fsp3) is 0.250. The van der Waals surface area contributed by atoms with E-state index in [4.69, 9.17) is 4.74 Å². The van der Waals surface area contributed by atoms with Crippen LogP contribution < -0.4 is 5.32 Å². The van der Waals surface area contributed by atoms with Crippen LogP contribution in [0.4, 0.5) is 14.5 Å². The van der Waals surface area contributed by atoms with Crippen molar-refractivity contribution in [2.75, 3.05) is 25.0 Å². The molecule has 2 amide bonds. The van der Waals surface area contributed by atoms with Gasteiger partial charge in [-0.2, -0.15) is 0 Å². The highest BCUT2D eigenvalue weighted by atomic mass is 19.1. The minimum absolute atomic E-state index is 0.112. The van der Waals surface area contributed by atoms with Gasteiger partial charge in [0.1, 0.15) is 11.6 Å². The van der Waals surface area contributed by atoms with Crippen LogP contribution in [0.5, 0.6) is 0 Å². The molecule has 0 saturated heterocycles. The van der Waals surface area contributed by atoms with Gasteiger partial charge < -0.3 is 15.0 Å². The standard InChI is InChI=1S/C20H20F2N2O4/c1-3-24(4-2)19(26)13-5-7-17(8-6-13)23-18(25)12-28-20(27)14-9-15(21)11-16(22)10-14/h5-11H,3-4,12H2,1-2H3,(H,23,25). The monoisotopic (exact) mass is 390 g/mol. The van der Waals surface area contributed by atoms with Gasteiger partial charge in [0.25, 0.3) is 11.8 Å². The van der Waals surface area contributed by atoms with Gasteiger partial charge in [-0.15, -0.1) is 0 Å². The Labute approximate surface area is 161 Å². The van der Waals surface area contributed by atoms with Crippen LogP contribution in [-0.4, -0.2) is 42.4 Å². The summed E-state index contributed by atoms with van der Waals surface area (Å²) in [4.78, 5) is 37.6. The van der Waals surface area contributed by atoms with Crippen LogP contribution >= 0.6 is 0 Å². The summed E-state index contributed by atoms with van der Waals surface area (Å²) in [5, 5.41) is 2.51. The Morgan fingerprint density at radius 2 is 1.50 bits per heavy atom. The Hall–Kier alpha value is -3.29. The van der Waals surface area contributed by atoms with E-state index in [2.05, 4.69) is 5.32 Å². The fourth-order valence-corrected chi connectivity index (χ4v) is 2.47. The molecule has 148 valence electrons. The van der Waals surface area contributed by atoms with Crippen molar-refractivity contribution in [2.45, 2.75) is 13.8 Å². The van der Waals surface area contributed by atoms with E-state index in [9.17, 15) is 23.2 Å². The van der Waals surface area contributed by atoms with Crippen molar-refractivity contribution < 1.29 is 27.9 Å². The minimum Gasteiger partial charge on any atom is -0.452 e. The second-order valence-electron chi connectivity index (χ2n) is 5.84. The lowest BCUT2D eigenvalue weighted by atomic mass is 10.2. The summed E-state index contributed by atoms with van der Waals surface area (Å²) in [7, 11) is 0. The smallest absolute Gasteiger partial charge is 0.338 e. The number of rotatable bonds is 7. The molecule has 0 bridgehead atoms. The molecule has 2 aromatic rings. The molecule has 0 unspecified atom stereocenters. The van der Waals surface area contributed by atoms with Crippen LogP contribution in [0.1, 0.15) is 34.6 Å². The van der Waals surface area contributed by atoms with E-state index < -0.39 is 30.1 Å². The quantitative estimate of drug-likeness (QED) is 0.737. The number of hydrogen-bond donors (Lipinski definition) is 1. The average molecular weight is 390 g/mol. The average Bonchev–Trinajstić information content (AvgIpc) is 2.66. The first-order valence-corrected chi connectivity index (χ1v) is 8.66. The molecule has 0 aliphatic carbocycles. The van der Waals surface area contributed by atoms with Gasteiger partial charge in [0.05, 0.1) is 5.56 Å². The zero-order valence-electron chi connectivity index (χ0n) is 15.5. The molecule has 0 spiro atoms. The van der Waals surface area contributed by atoms with E-state index in [1.165, 1.54) is 0 Å². The van der Waals surface area contributed by atoms with Crippen molar-refractivity contribution in [1.82, 2.24) is 4.90 Å². The summed E-state index contributed by atoms with van der Waals surface area (Å²) in [6.45, 7) is 4.32. The van der Waals surface area contributed by atoms with Crippen molar-refractivity contribution in [3.8, 4) is 0 Å². The highest BCUT2D eigenvalue weighted by Gasteiger charge is 2.14. The molecule has 0 aliphatic rings. The van der Waals surface area contributed by atoms with Crippen LogP contribution in [0, 0.1) is 11.6 Å². The summed E-state index contributed by atoms with van der Waals surface area (Å²) < 4.78 is 31.0. The third-order valence-corrected chi connectivity index (χ3v) is 3.90. The summed E-state index contributed by atoms with van der Waals surface area (Å²) in [6.07, 6.45) is 0. The topological polar surface area (TPSA) is 75.7 Å². The second kappa shape index (κ2) is 9.59. The largest absolute Gasteiger partial charge is 0.452 e. The van der Waals surface area contributed by atoms with Gasteiger partial charge in [0.2, 0.25) is 0 Å². The Bertz CT molecular complexity index is 845. The number of carbonyl (C=O) groups is 3. The first kappa shape index (κ1) is 21.0. The molecule has 0 heterocycles. The predicted molar refractivity (Wildman–Crippen MR) is 99.0 cm³/mol. The van der Waals surface area contributed by atoms with Crippen LogP contribution in [0.15, 0.2) is 42.5 Å². The predicted octanol–water partition coefficient (Wildman–Crippen LogP) is 3.24. The molecule has 1 N–H and O–H groups in total. The highest BCUT2D eigenvalue weighted by Crippen LogP contribution is 2.12. The van der Waals surface area contributed by atoms with Crippen molar-refractivity contribution >= 4 is 23.5 Å². The first-order chi connectivity index (χ1) is 13.3. The lowest BCUT2D eigenvalue weighted by Crippen LogP contribution is -2.30. The number of ether oxygens (including phenoxy) is 1. The van der Waals surface area contributed by atoms with E-state index in [1.54, 1.807) is 29.2 Å². The molecule has 0 saturated carbocycles. The van der Waals surface area contributed by atoms with Crippen molar-refractivity contribution in [3.05, 3.63) is 65.2 Å². The van der Waals surface area contributed by atoms with Crippen molar-refractivity contribution in [2.24, 2.45) is 0 Å². The van der Waals surface area contributed by atoms with Crippen molar-refractivity contribution in [3.63, 3.8) is 0 Å². The highest BCUT2D eigenvalue weighted by molar-refractivity contribution is 5.97. The Kier molecular flexibility index (Phi) is 7.20. The van der Waals surface area contributed by atoms with E-state index in [-0.39, 0.29) is 11.5 Å². The summed E-state index contributed by atoms with van der Waals surface area (Å²) >= 11 is 0. The van der Waals surface area contributed by atoms with E-state index in [0.717, 1.165) is 12.1 Å². The summed E-state index contributed by atoms with van der Waals surface area (Å²) in [5.74, 6) is -3.60. The van der Waals surface area contributed by atoms with Gasteiger partial charge in [0.15, 0.2) is 6.61 Å². The van der Waals surface area contributed by atoms with Gasteiger partial charge in [0, 0.05) is 30.4 Å². The number of anilines is 1. The van der Waals surface area contributed by atoms with Gasteiger partial charge in [-0.1, -0.05) is 0 Å². The van der Waals surface area contributed by atoms with E-state index in [0.29, 0.717) is 30.4 Å². The summed E-state index contributed by atoms with van der Waals surface area (Å²) in [6, 6.07) is 8.52. The Morgan fingerprint density at radius 1 is 0.929 bits per heavy atom. The van der Waals surface area contributed by atoms with E-state index in [1.807, 2.05) is 13.8 Å². The maximum atomic E-state index is 13.1. The maximum Gasteiger partial charge on any atom is 0.338 e. The lowest BCUT2D eigenvalue weighted by Gasteiger charge is -2.18. The molecule has 2 rings (SSSR count).